The van der Waals surface area contributed by atoms with Crippen LogP contribution in [0.2, 0.25) is 5.02 Å². The van der Waals surface area contributed by atoms with Crippen LogP contribution in [0.15, 0.2) is 42.5 Å². The summed E-state index contributed by atoms with van der Waals surface area (Å²) in [6.45, 7) is 0.716. The van der Waals surface area contributed by atoms with E-state index in [0.717, 1.165) is 12.1 Å². The van der Waals surface area contributed by atoms with Crippen LogP contribution in [-0.4, -0.2) is 18.4 Å². The Morgan fingerprint density at radius 3 is 2.54 bits per heavy atom. The van der Waals surface area contributed by atoms with E-state index in [1.807, 2.05) is 6.07 Å². The van der Waals surface area contributed by atoms with Gasteiger partial charge in [-0.05, 0) is 48.9 Å². The minimum atomic E-state index is -0.282. The summed E-state index contributed by atoms with van der Waals surface area (Å²) in [5.74, 6) is -0.172. The Labute approximate surface area is 144 Å². The number of hydrogen-bond acceptors (Lipinski definition) is 3. The second kappa shape index (κ2) is 6.73. The summed E-state index contributed by atoms with van der Waals surface area (Å²) < 4.78 is 0. The summed E-state index contributed by atoms with van der Waals surface area (Å²) in [7, 11) is 0. The predicted octanol–water partition coefficient (Wildman–Crippen LogP) is 3.59. The highest BCUT2D eigenvalue weighted by atomic mass is 35.5. The summed E-state index contributed by atoms with van der Waals surface area (Å²) in [6.07, 6.45) is 1.43. The first kappa shape index (κ1) is 16.0. The van der Waals surface area contributed by atoms with Crippen LogP contribution in [0, 0.1) is 11.3 Å². The van der Waals surface area contributed by atoms with Gasteiger partial charge in [0, 0.05) is 29.9 Å². The highest BCUT2D eigenvalue weighted by molar-refractivity contribution is 6.32. The zero-order valence-corrected chi connectivity index (χ0v) is 13.5. The molecule has 0 radical (unpaired) electrons. The number of hydrogen-bond donors (Lipinski definition) is 1. The summed E-state index contributed by atoms with van der Waals surface area (Å²) in [5, 5.41) is 11.9. The van der Waals surface area contributed by atoms with E-state index in [1.54, 1.807) is 41.3 Å². The van der Waals surface area contributed by atoms with Gasteiger partial charge in [-0.2, -0.15) is 5.26 Å². The normalized spacial score (nSPS) is 13.7. The molecule has 1 saturated heterocycles. The van der Waals surface area contributed by atoms with E-state index in [1.165, 1.54) is 6.07 Å². The molecule has 2 amide bonds. The molecule has 0 atom stereocenters. The molecular weight excluding hydrogens is 326 g/mol. The molecule has 5 nitrogen and oxygen atoms in total. The quantitative estimate of drug-likeness (QED) is 0.928. The molecule has 2 aromatic rings. The number of nitrogens with one attached hydrogen (secondary N) is 1. The first-order valence-electron chi connectivity index (χ1n) is 7.50. The lowest BCUT2D eigenvalue weighted by molar-refractivity contribution is -0.117. The standard InChI is InChI=1S/C18H14ClN3O2/c19-16-10-14(6-3-13(16)11-20)21-18(24)12-4-7-15(8-5-12)22-9-1-2-17(22)23/h3-8,10H,1-2,9H2,(H,21,24). The number of halogens is 1. The van der Waals surface area contributed by atoms with E-state index < -0.39 is 0 Å². The van der Waals surface area contributed by atoms with Crippen molar-refractivity contribution in [1.29, 1.82) is 5.26 Å². The Hall–Kier alpha value is -2.84. The van der Waals surface area contributed by atoms with Gasteiger partial charge >= 0.3 is 0 Å². The van der Waals surface area contributed by atoms with Gasteiger partial charge in [0.2, 0.25) is 5.91 Å². The fourth-order valence-electron chi connectivity index (χ4n) is 2.60. The molecule has 2 aromatic carbocycles. The summed E-state index contributed by atoms with van der Waals surface area (Å²) in [4.78, 5) is 25.7. The van der Waals surface area contributed by atoms with Gasteiger partial charge in [-0.15, -0.1) is 0 Å². The molecule has 0 aromatic heterocycles. The Bertz CT molecular complexity index is 840. The minimum Gasteiger partial charge on any atom is -0.322 e. The summed E-state index contributed by atoms with van der Waals surface area (Å²) in [6, 6.07) is 13.6. The van der Waals surface area contributed by atoms with Gasteiger partial charge in [0.15, 0.2) is 0 Å². The average Bonchev–Trinajstić information content (AvgIpc) is 3.01. The van der Waals surface area contributed by atoms with Crippen molar-refractivity contribution in [3.05, 3.63) is 58.6 Å². The molecule has 1 aliphatic rings. The predicted molar refractivity (Wildman–Crippen MR) is 92.1 cm³/mol. The Balaban J connectivity index is 1.72. The maximum Gasteiger partial charge on any atom is 0.255 e. The third-order valence-corrected chi connectivity index (χ3v) is 4.17. The molecule has 0 spiro atoms. The van der Waals surface area contributed by atoms with Crippen molar-refractivity contribution in [3.8, 4) is 6.07 Å². The molecule has 0 unspecified atom stereocenters. The Morgan fingerprint density at radius 1 is 1.21 bits per heavy atom. The number of nitriles is 1. The van der Waals surface area contributed by atoms with Crippen LogP contribution >= 0.6 is 11.6 Å². The lowest BCUT2D eigenvalue weighted by Gasteiger charge is -2.15. The van der Waals surface area contributed by atoms with Crippen molar-refractivity contribution >= 4 is 34.8 Å². The highest BCUT2D eigenvalue weighted by Gasteiger charge is 2.21. The third-order valence-electron chi connectivity index (χ3n) is 3.86. The fraction of sp³-hybridized carbons (Fsp3) is 0.167. The van der Waals surface area contributed by atoms with E-state index in [0.29, 0.717) is 29.8 Å². The maximum absolute atomic E-state index is 12.3. The Kier molecular flexibility index (Phi) is 4.50. The van der Waals surface area contributed by atoms with E-state index >= 15 is 0 Å². The third kappa shape index (κ3) is 3.24. The topological polar surface area (TPSA) is 73.2 Å². The zero-order valence-electron chi connectivity index (χ0n) is 12.8. The van der Waals surface area contributed by atoms with Gasteiger partial charge in [0.25, 0.3) is 5.91 Å². The largest absolute Gasteiger partial charge is 0.322 e. The van der Waals surface area contributed by atoms with Gasteiger partial charge in [-0.25, -0.2) is 0 Å². The molecule has 1 fully saturated rings. The molecule has 0 bridgehead atoms. The highest BCUT2D eigenvalue weighted by Crippen LogP contribution is 2.23. The van der Waals surface area contributed by atoms with Crippen LogP contribution in [0.4, 0.5) is 11.4 Å². The number of carbonyl (C=O) groups excluding carboxylic acids is 2. The number of amides is 2. The van der Waals surface area contributed by atoms with Gasteiger partial charge in [0.1, 0.15) is 6.07 Å². The molecule has 3 rings (SSSR count). The van der Waals surface area contributed by atoms with Crippen molar-refractivity contribution < 1.29 is 9.59 Å². The van der Waals surface area contributed by atoms with Crippen LogP contribution in [0.5, 0.6) is 0 Å². The van der Waals surface area contributed by atoms with Crippen molar-refractivity contribution in [1.82, 2.24) is 0 Å². The van der Waals surface area contributed by atoms with Crippen molar-refractivity contribution in [2.45, 2.75) is 12.8 Å². The average molecular weight is 340 g/mol. The second-order valence-electron chi connectivity index (χ2n) is 5.46. The van der Waals surface area contributed by atoms with E-state index in [9.17, 15) is 9.59 Å². The molecule has 0 aliphatic carbocycles. The van der Waals surface area contributed by atoms with Crippen LogP contribution in [0.3, 0.4) is 0 Å². The van der Waals surface area contributed by atoms with Crippen LogP contribution < -0.4 is 10.2 Å². The molecule has 0 saturated carbocycles. The molecular formula is C18H14ClN3O2. The molecule has 1 N–H and O–H groups in total. The zero-order chi connectivity index (χ0) is 17.1. The van der Waals surface area contributed by atoms with E-state index in [4.69, 9.17) is 16.9 Å². The van der Waals surface area contributed by atoms with Crippen molar-refractivity contribution in [2.24, 2.45) is 0 Å². The van der Waals surface area contributed by atoms with Crippen molar-refractivity contribution in [3.63, 3.8) is 0 Å². The number of benzene rings is 2. The number of rotatable bonds is 3. The number of carbonyl (C=O) groups is 2. The first-order chi connectivity index (χ1) is 11.6. The molecule has 6 heteroatoms. The van der Waals surface area contributed by atoms with Crippen LogP contribution in [-0.2, 0) is 4.79 Å². The van der Waals surface area contributed by atoms with Crippen LogP contribution in [0.1, 0.15) is 28.8 Å². The molecule has 1 aliphatic heterocycles. The molecule has 24 heavy (non-hydrogen) atoms. The maximum atomic E-state index is 12.3. The van der Waals surface area contributed by atoms with E-state index in [-0.39, 0.29) is 16.8 Å². The monoisotopic (exact) mass is 339 g/mol. The molecule has 120 valence electrons. The fourth-order valence-corrected chi connectivity index (χ4v) is 2.82. The minimum absolute atomic E-state index is 0.111. The number of nitrogens with zero attached hydrogens (tertiary/aromatic N) is 2. The molecule has 1 heterocycles. The van der Waals surface area contributed by atoms with Gasteiger partial charge < -0.3 is 10.2 Å². The Morgan fingerprint density at radius 2 is 1.96 bits per heavy atom. The van der Waals surface area contributed by atoms with Gasteiger partial charge in [-0.1, -0.05) is 11.6 Å². The SMILES string of the molecule is N#Cc1ccc(NC(=O)c2ccc(N3CCCC3=O)cc2)cc1Cl. The smallest absolute Gasteiger partial charge is 0.255 e. The van der Waals surface area contributed by atoms with Crippen molar-refractivity contribution in [2.75, 3.05) is 16.8 Å². The first-order valence-corrected chi connectivity index (χ1v) is 7.88. The van der Waals surface area contributed by atoms with Gasteiger partial charge in [-0.3, -0.25) is 9.59 Å². The summed E-state index contributed by atoms with van der Waals surface area (Å²) in [5.41, 5.74) is 2.15. The lowest BCUT2D eigenvalue weighted by atomic mass is 10.1. The second-order valence-corrected chi connectivity index (χ2v) is 5.86. The van der Waals surface area contributed by atoms with E-state index in [2.05, 4.69) is 5.32 Å². The lowest BCUT2D eigenvalue weighted by Crippen LogP contribution is -2.23. The summed E-state index contributed by atoms with van der Waals surface area (Å²) >= 11 is 5.95. The van der Waals surface area contributed by atoms with Gasteiger partial charge in [0.05, 0.1) is 10.6 Å². The van der Waals surface area contributed by atoms with Crippen LogP contribution in [0.25, 0.3) is 0 Å². The number of anilines is 2.